The highest BCUT2D eigenvalue weighted by Gasteiger charge is 2.30. The zero-order chi connectivity index (χ0) is 19.4. The lowest BCUT2D eigenvalue weighted by Crippen LogP contribution is -2.30. The molecule has 0 saturated carbocycles. The molecule has 0 aliphatic carbocycles. The van der Waals surface area contributed by atoms with Gasteiger partial charge in [0.25, 0.3) is 0 Å². The number of hydrogen-bond acceptors (Lipinski definition) is 4. The van der Waals surface area contributed by atoms with Crippen molar-refractivity contribution in [1.29, 1.82) is 0 Å². The number of benzene rings is 1. The standard InChI is InChI=1S/C18H22F3N5O/c1-12(13-5-7-14(8-6-13)18(19,20)21)11-15(27)22-16-23-17(25-24-16)26-9-3-2-4-10-26/h5-8,12H,2-4,9-11H2,1H3,(H2,22,23,24,25,27). The molecule has 1 unspecified atom stereocenters. The molecule has 1 amide bonds. The number of halogens is 3. The third kappa shape index (κ3) is 4.99. The molecule has 1 aromatic heterocycles. The van der Waals surface area contributed by atoms with E-state index in [2.05, 4.69) is 25.4 Å². The normalized spacial score (nSPS) is 16.2. The molecule has 2 heterocycles. The van der Waals surface area contributed by atoms with Gasteiger partial charge in [-0.3, -0.25) is 10.1 Å². The Bertz CT molecular complexity index is 766. The quantitative estimate of drug-likeness (QED) is 0.823. The van der Waals surface area contributed by atoms with Crippen LogP contribution in [0.25, 0.3) is 0 Å². The van der Waals surface area contributed by atoms with E-state index in [-0.39, 0.29) is 24.2 Å². The van der Waals surface area contributed by atoms with E-state index < -0.39 is 11.7 Å². The molecule has 1 aromatic carbocycles. The van der Waals surface area contributed by atoms with Crippen molar-refractivity contribution in [2.75, 3.05) is 23.3 Å². The number of anilines is 2. The van der Waals surface area contributed by atoms with Crippen molar-refractivity contribution < 1.29 is 18.0 Å². The summed E-state index contributed by atoms with van der Waals surface area (Å²) in [6, 6.07) is 4.88. The van der Waals surface area contributed by atoms with Crippen LogP contribution in [0.4, 0.5) is 25.1 Å². The Hall–Kier alpha value is -2.58. The number of aromatic amines is 1. The number of H-pyrrole nitrogens is 1. The van der Waals surface area contributed by atoms with Crippen molar-refractivity contribution in [1.82, 2.24) is 15.2 Å². The van der Waals surface area contributed by atoms with E-state index in [0.29, 0.717) is 11.5 Å². The Morgan fingerprint density at radius 2 is 1.89 bits per heavy atom. The number of nitrogens with one attached hydrogen (secondary N) is 2. The molecule has 9 heteroatoms. The predicted octanol–water partition coefficient (Wildman–Crippen LogP) is 3.95. The Balaban J connectivity index is 1.55. The maximum absolute atomic E-state index is 12.6. The fourth-order valence-corrected chi connectivity index (χ4v) is 3.12. The van der Waals surface area contributed by atoms with Gasteiger partial charge in [-0.15, -0.1) is 5.10 Å². The summed E-state index contributed by atoms with van der Waals surface area (Å²) in [4.78, 5) is 18.6. The van der Waals surface area contributed by atoms with Gasteiger partial charge in [0.05, 0.1) is 5.56 Å². The van der Waals surface area contributed by atoms with E-state index >= 15 is 0 Å². The van der Waals surface area contributed by atoms with Crippen LogP contribution in [0.3, 0.4) is 0 Å². The minimum absolute atomic E-state index is 0.130. The number of hydrogen-bond donors (Lipinski definition) is 2. The summed E-state index contributed by atoms with van der Waals surface area (Å²) in [5.74, 6) is 0.349. The molecule has 3 rings (SSSR count). The number of amides is 1. The molecule has 1 fully saturated rings. The first-order valence-electron chi connectivity index (χ1n) is 8.97. The van der Waals surface area contributed by atoms with Crippen molar-refractivity contribution in [3.8, 4) is 0 Å². The summed E-state index contributed by atoms with van der Waals surface area (Å²) in [6.07, 6.45) is -0.837. The van der Waals surface area contributed by atoms with Crippen molar-refractivity contribution in [2.24, 2.45) is 0 Å². The first kappa shape index (κ1) is 19.2. The maximum atomic E-state index is 12.6. The van der Waals surface area contributed by atoms with E-state index in [9.17, 15) is 18.0 Å². The second kappa shape index (κ2) is 7.98. The van der Waals surface area contributed by atoms with Gasteiger partial charge in [-0.2, -0.15) is 18.2 Å². The summed E-state index contributed by atoms with van der Waals surface area (Å²) in [6.45, 7) is 3.59. The number of nitrogens with zero attached hydrogens (tertiary/aromatic N) is 3. The highest BCUT2D eigenvalue weighted by atomic mass is 19.4. The number of rotatable bonds is 5. The van der Waals surface area contributed by atoms with Gasteiger partial charge in [0, 0.05) is 19.5 Å². The SMILES string of the molecule is CC(CC(=O)Nc1nc(N2CCCCC2)n[nH]1)c1ccc(C(F)(F)F)cc1. The topological polar surface area (TPSA) is 73.9 Å². The first-order valence-corrected chi connectivity index (χ1v) is 8.97. The fourth-order valence-electron chi connectivity index (χ4n) is 3.12. The van der Waals surface area contributed by atoms with E-state index in [0.717, 1.165) is 38.1 Å². The monoisotopic (exact) mass is 381 g/mol. The highest BCUT2D eigenvalue weighted by Crippen LogP contribution is 2.30. The molecular formula is C18H22F3N5O. The third-order valence-electron chi connectivity index (χ3n) is 4.67. The minimum Gasteiger partial charge on any atom is -0.340 e. The largest absolute Gasteiger partial charge is 0.416 e. The smallest absolute Gasteiger partial charge is 0.340 e. The van der Waals surface area contributed by atoms with Gasteiger partial charge in [-0.05, 0) is 42.9 Å². The average molecular weight is 381 g/mol. The van der Waals surface area contributed by atoms with Crippen molar-refractivity contribution in [2.45, 2.75) is 44.7 Å². The van der Waals surface area contributed by atoms with Gasteiger partial charge in [-0.1, -0.05) is 19.1 Å². The molecule has 146 valence electrons. The number of alkyl halides is 3. The van der Waals surface area contributed by atoms with E-state index in [1.165, 1.54) is 18.6 Å². The summed E-state index contributed by atoms with van der Waals surface area (Å²) in [5.41, 5.74) is -0.0282. The summed E-state index contributed by atoms with van der Waals surface area (Å²) in [5, 5.41) is 9.51. The van der Waals surface area contributed by atoms with Gasteiger partial charge in [-0.25, -0.2) is 5.10 Å². The number of carbonyl (C=O) groups excluding carboxylic acids is 1. The van der Waals surface area contributed by atoms with E-state index in [1.54, 1.807) is 6.92 Å². The van der Waals surface area contributed by atoms with E-state index in [1.807, 2.05) is 0 Å². The molecule has 27 heavy (non-hydrogen) atoms. The molecule has 1 aliphatic rings. The lowest BCUT2D eigenvalue weighted by molar-refractivity contribution is -0.137. The summed E-state index contributed by atoms with van der Waals surface area (Å²) in [7, 11) is 0. The molecule has 0 spiro atoms. The number of carbonyl (C=O) groups is 1. The maximum Gasteiger partial charge on any atom is 0.416 e. The molecule has 2 aromatic rings. The molecular weight excluding hydrogens is 359 g/mol. The van der Waals surface area contributed by atoms with Gasteiger partial charge in [0.1, 0.15) is 0 Å². The van der Waals surface area contributed by atoms with Crippen LogP contribution < -0.4 is 10.2 Å². The Morgan fingerprint density at radius 3 is 2.52 bits per heavy atom. The predicted molar refractivity (Wildman–Crippen MR) is 95.6 cm³/mol. The van der Waals surface area contributed by atoms with Crippen LogP contribution in [0.15, 0.2) is 24.3 Å². The molecule has 0 bridgehead atoms. The highest BCUT2D eigenvalue weighted by molar-refractivity contribution is 5.89. The minimum atomic E-state index is -4.36. The lowest BCUT2D eigenvalue weighted by Gasteiger charge is -2.24. The molecule has 1 saturated heterocycles. The van der Waals surface area contributed by atoms with Crippen LogP contribution in [0.5, 0.6) is 0 Å². The molecule has 1 atom stereocenters. The zero-order valence-electron chi connectivity index (χ0n) is 15.0. The van der Waals surface area contributed by atoms with Crippen molar-refractivity contribution >= 4 is 17.8 Å². The van der Waals surface area contributed by atoms with Crippen LogP contribution in [0, 0.1) is 0 Å². The van der Waals surface area contributed by atoms with Crippen LogP contribution in [-0.2, 0) is 11.0 Å². The fraction of sp³-hybridized carbons (Fsp3) is 0.500. The van der Waals surface area contributed by atoms with Gasteiger partial charge < -0.3 is 4.90 Å². The Morgan fingerprint density at radius 1 is 1.22 bits per heavy atom. The Labute approximate surface area is 155 Å². The number of aromatic nitrogens is 3. The first-order chi connectivity index (χ1) is 12.8. The van der Waals surface area contributed by atoms with E-state index in [4.69, 9.17) is 0 Å². The zero-order valence-corrected chi connectivity index (χ0v) is 15.0. The van der Waals surface area contributed by atoms with Crippen LogP contribution in [0.1, 0.15) is 49.7 Å². The van der Waals surface area contributed by atoms with Gasteiger partial charge in [0.2, 0.25) is 17.8 Å². The van der Waals surface area contributed by atoms with Gasteiger partial charge in [0.15, 0.2) is 0 Å². The van der Waals surface area contributed by atoms with Crippen molar-refractivity contribution in [3.05, 3.63) is 35.4 Å². The third-order valence-corrected chi connectivity index (χ3v) is 4.67. The Kier molecular flexibility index (Phi) is 5.67. The van der Waals surface area contributed by atoms with Crippen LogP contribution in [-0.4, -0.2) is 34.2 Å². The summed E-state index contributed by atoms with van der Waals surface area (Å²) < 4.78 is 37.9. The second-order valence-electron chi connectivity index (χ2n) is 6.80. The summed E-state index contributed by atoms with van der Waals surface area (Å²) >= 11 is 0. The number of piperidine rings is 1. The molecule has 6 nitrogen and oxygen atoms in total. The van der Waals surface area contributed by atoms with Crippen LogP contribution in [0.2, 0.25) is 0 Å². The lowest BCUT2D eigenvalue weighted by atomic mass is 9.96. The molecule has 0 radical (unpaired) electrons. The molecule has 1 aliphatic heterocycles. The average Bonchev–Trinajstić information content (AvgIpc) is 3.10. The van der Waals surface area contributed by atoms with Gasteiger partial charge >= 0.3 is 6.18 Å². The van der Waals surface area contributed by atoms with Crippen LogP contribution >= 0.6 is 0 Å². The molecule has 2 N–H and O–H groups in total. The van der Waals surface area contributed by atoms with Crippen molar-refractivity contribution in [3.63, 3.8) is 0 Å². The second-order valence-corrected chi connectivity index (χ2v) is 6.80.